The predicted octanol–water partition coefficient (Wildman–Crippen LogP) is 4.68. The molecular formula is C22H19N3O2S. The van der Waals surface area contributed by atoms with Crippen LogP contribution >= 0.6 is 11.3 Å². The molecule has 4 aromatic rings. The summed E-state index contributed by atoms with van der Waals surface area (Å²) in [6, 6.07) is 21.2. The van der Waals surface area contributed by atoms with E-state index in [1.165, 1.54) is 11.3 Å². The van der Waals surface area contributed by atoms with Crippen molar-refractivity contribution < 1.29 is 9.53 Å². The summed E-state index contributed by atoms with van der Waals surface area (Å²) < 4.78 is 6.44. The van der Waals surface area contributed by atoms with Crippen molar-refractivity contribution in [3.8, 4) is 16.9 Å². The van der Waals surface area contributed by atoms with Crippen molar-refractivity contribution >= 4 is 32.6 Å². The van der Waals surface area contributed by atoms with Gasteiger partial charge in [0.15, 0.2) is 5.13 Å². The maximum absolute atomic E-state index is 12.6. The molecule has 0 aliphatic rings. The number of rotatable bonds is 5. The van der Waals surface area contributed by atoms with Crippen molar-refractivity contribution in [2.45, 2.75) is 6.54 Å². The van der Waals surface area contributed by atoms with Crippen LogP contribution in [0.15, 0.2) is 66.7 Å². The number of amides is 1. The number of hydrogen-bond acceptors (Lipinski definition) is 5. The van der Waals surface area contributed by atoms with Gasteiger partial charge in [0.05, 0.1) is 11.8 Å². The average molecular weight is 389 g/mol. The van der Waals surface area contributed by atoms with Gasteiger partial charge >= 0.3 is 0 Å². The van der Waals surface area contributed by atoms with Gasteiger partial charge < -0.3 is 10.5 Å². The predicted molar refractivity (Wildman–Crippen MR) is 114 cm³/mol. The Morgan fingerprint density at radius 3 is 2.50 bits per heavy atom. The molecule has 0 unspecified atom stereocenters. The maximum Gasteiger partial charge on any atom is 0.257 e. The van der Waals surface area contributed by atoms with E-state index in [1.807, 2.05) is 42.5 Å². The Bertz CT molecular complexity index is 1120. The molecule has 0 atom stereocenters. The molecule has 1 amide bonds. The molecule has 4 rings (SSSR count). The van der Waals surface area contributed by atoms with E-state index in [2.05, 4.69) is 22.4 Å². The Balaban J connectivity index is 1.71. The van der Waals surface area contributed by atoms with E-state index in [9.17, 15) is 4.79 Å². The second-order valence-electron chi connectivity index (χ2n) is 6.23. The summed E-state index contributed by atoms with van der Waals surface area (Å²) in [4.78, 5) is 17.2. The Hall–Kier alpha value is -3.22. The Morgan fingerprint density at radius 2 is 1.82 bits per heavy atom. The number of thiazole rings is 1. The molecule has 0 radical (unpaired) electrons. The minimum absolute atomic E-state index is 0.206. The van der Waals surface area contributed by atoms with Crippen LogP contribution in [0.1, 0.15) is 15.9 Å². The van der Waals surface area contributed by atoms with Gasteiger partial charge in [-0.2, -0.15) is 0 Å². The molecule has 3 N–H and O–H groups in total. The molecule has 6 heteroatoms. The fourth-order valence-electron chi connectivity index (χ4n) is 3.01. The van der Waals surface area contributed by atoms with Gasteiger partial charge in [0.2, 0.25) is 0 Å². The Kier molecular flexibility index (Phi) is 5.06. The van der Waals surface area contributed by atoms with Crippen LogP contribution in [0.25, 0.3) is 21.3 Å². The number of nitrogens with one attached hydrogen (secondary N) is 1. The zero-order valence-corrected chi connectivity index (χ0v) is 16.1. The first-order valence-electron chi connectivity index (χ1n) is 8.83. The van der Waals surface area contributed by atoms with Crippen LogP contribution in [-0.2, 0) is 6.54 Å². The van der Waals surface area contributed by atoms with Crippen molar-refractivity contribution in [2.75, 3.05) is 12.4 Å². The lowest BCUT2D eigenvalue weighted by atomic mass is 10.1. The van der Waals surface area contributed by atoms with E-state index in [1.54, 1.807) is 19.2 Å². The molecule has 0 bridgehead atoms. The van der Waals surface area contributed by atoms with Gasteiger partial charge in [-0.1, -0.05) is 53.8 Å². The SMILES string of the molecule is COc1ccc(-c2ccccc2)c2sc(NC(=O)c3ccc(CN)cc3)nc12. The van der Waals surface area contributed by atoms with E-state index >= 15 is 0 Å². The lowest BCUT2D eigenvalue weighted by molar-refractivity contribution is 0.102. The van der Waals surface area contributed by atoms with Crippen LogP contribution < -0.4 is 15.8 Å². The van der Waals surface area contributed by atoms with Gasteiger partial charge in [-0.3, -0.25) is 10.1 Å². The molecule has 3 aromatic carbocycles. The first-order valence-corrected chi connectivity index (χ1v) is 9.64. The van der Waals surface area contributed by atoms with E-state index in [-0.39, 0.29) is 5.91 Å². The summed E-state index contributed by atoms with van der Waals surface area (Å²) in [6.45, 7) is 0.446. The average Bonchev–Trinajstić information content (AvgIpc) is 3.17. The second kappa shape index (κ2) is 7.80. The van der Waals surface area contributed by atoms with Crippen molar-refractivity contribution in [2.24, 2.45) is 5.73 Å². The summed E-state index contributed by atoms with van der Waals surface area (Å²) in [5.74, 6) is 0.474. The zero-order valence-electron chi connectivity index (χ0n) is 15.3. The lowest BCUT2D eigenvalue weighted by Gasteiger charge is -2.05. The van der Waals surface area contributed by atoms with Crippen LogP contribution in [-0.4, -0.2) is 18.0 Å². The van der Waals surface area contributed by atoms with Gasteiger partial charge in [-0.25, -0.2) is 4.98 Å². The number of nitrogens with two attached hydrogens (primary N) is 1. The van der Waals surface area contributed by atoms with E-state index in [0.717, 1.165) is 26.9 Å². The molecular weight excluding hydrogens is 370 g/mol. The first-order chi connectivity index (χ1) is 13.7. The monoisotopic (exact) mass is 389 g/mol. The van der Waals surface area contributed by atoms with Crippen LogP contribution in [0, 0.1) is 0 Å². The van der Waals surface area contributed by atoms with Crippen molar-refractivity contribution in [1.82, 2.24) is 4.98 Å². The standard InChI is InChI=1S/C22H19N3O2S/c1-27-18-12-11-17(15-5-3-2-4-6-15)20-19(18)24-22(28-20)25-21(26)16-9-7-14(13-23)8-10-16/h2-12H,13,23H2,1H3,(H,24,25,26). The van der Waals surface area contributed by atoms with Gasteiger partial charge in [0.1, 0.15) is 11.3 Å². The van der Waals surface area contributed by atoms with Crippen molar-refractivity contribution in [3.05, 3.63) is 77.9 Å². The molecule has 0 saturated heterocycles. The smallest absolute Gasteiger partial charge is 0.257 e. The number of benzene rings is 3. The van der Waals surface area contributed by atoms with Gasteiger partial charge in [-0.15, -0.1) is 0 Å². The lowest BCUT2D eigenvalue weighted by Crippen LogP contribution is -2.11. The fraction of sp³-hybridized carbons (Fsp3) is 0.0909. The molecule has 0 aliphatic heterocycles. The van der Waals surface area contributed by atoms with Crippen LogP contribution in [0.4, 0.5) is 5.13 Å². The van der Waals surface area contributed by atoms with Crippen LogP contribution in [0.3, 0.4) is 0 Å². The second-order valence-corrected chi connectivity index (χ2v) is 7.23. The van der Waals surface area contributed by atoms with Gasteiger partial charge in [-0.05, 0) is 35.4 Å². The minimum Gasteiger partial charge on any atom is -0.494 e. The third-order valence-corrected chi connectivity index (χ3v) is 5.49. The number of anilines is 1. The first kappa shape index (κ1) is 18.2. The highest BCUT2D eigenvalue weighted by Gasteiger charge is 2.16. The molecule has 0 fully saturated rings. The van der Waals surface area contributed by atoms with E-state index in [4.69, 9.17) is 10.5 Å². The third-order valence-electron chi connectivity index (χ3n) is 4.48. The number of nitrogens with zero attached hydrogens (tertiary/aromatic N) is 1. The van der Waals surface area contributed by atoms with Crippen molar-refractivity contribution in [3.63, 3.8) is 0 Å². The maximum atomic E-state index is 12.6. The Morgan fingerprint density at radius 1 is 1.07 bits per heavy atom. The highest BCUT2D eigenvalue weighted by Crippen LogP contribution is 2.39. The number of hydrogen-bond donors (Lipinski definition) is 2. The molecule has 5 nitrogen and oxygen atoms in total. The minimum atomic E-state index is -0.206. The van der Waals surface area contributed by atoms with E-state index in [0.29, 0.717) is 23.0 Å². The largest absolute Gasteiger partial charge is 0.494 e. The highest BCUT2D eigenvalue weighted by molar-refractivity contribution is 7.23. The number of carbonyl (C=O) groups excluding carboxylic acids is 1. The number of ether oxygens (including phenoxy) is 1. The number of methoxy groups -OCH3 is 1. The topological polar surface area (TPSA) is 77.2 Å². The molecule has 0 aliphatic carbocycles. The van der Waals surface area contributed by atoms with Crippen molar-refractivity contribution in [1.29, 1.82) is 0 Å². The summed E-state index contributed by atoms with van der Waals surface area (Å²) in [7, 11) is 1.62. The number of fused-ring (bicyclic) bond motifs is 1. The van der Waals surface area contributed by atoms with Crippen LogP contribution in [0.2, 0.25) is 0 Å². The molecule has 1 heterocycles. The quantitative estimate of drug-likeness (QED) is 0.519. The Labute approximate surface area is 166 Å². The number of aromatic nitrogens is 1. The van der Waals surface area contributed by atoms with Gasteiger partial charge in [0.25, 0.3) is 5.91 Å². The summed E-state index contributed by atoms with van der Waals surface area (Å²) in [5, 5.41) is 3.43. The third kappa shape index (κ3) is 3.47. The van der Waals surface area contributed by atoms with Crippen LogP contribution in [0.5, 0.6) is 5.75 Å². The molecule has 28 heavy (non-hydrogen) atoms. The molecule has 140 valence electrons. The molecule has 0 spiro atoms. The van der Waals surface area contributed by atoms with Gasteiger partial charge in [0, 0.05) is 17.7 Å². The fourth-order valence-corrected chi connectivity index (χ4v) is 4.02. The normalized spacial score (nSPS) is 10.8. The summed E-state index contributed by atoms with van der Waals surface area (Å²) in [5.41, 5.74) is 10.0. The summed E-state index contributed by atoms with van der Waals surface area (Å²) >= 11 is 1.44. The summed E-state index contributed by atoms with van der Waals surface area (Å²) in [6.07, 6.45) is 0. The zero-order chi connectivity index (χ0) is 19.5. The highest BCUT2D eigenvalue weighted by atomic mass is 32.1. The molecule has 1 aromatic heterocycles. The molecule has 0 saturated carbocycles. The number of carbonyl (C=O) groups is 1. The van der Waals surface area contributed by atoms with E-state index < -0.39 is 0 Å².